The average molecular weight is 550 g/mol. The highest BCUT2D eigenvalue weighted by atomic mass is 35.6. The molecule has 3 rings (SSSR count). The highest BCUT2D eigenvalue weighted by molar-refractivity contribution is 6.67. The van der Waals surface area contributed by atoms with Gasteiger partial charge in [-0.25, -0.2) is 15.0 Å². The lowest BCUT2D eigenvalue weighted by atomic mass is 10.1. The predicted molar refractivity (Wildman–Crippen MR) is 138 cm³/mol. The number of nitrogens with zero attached hydrogens (tertiary/aromatic N) is 3. The zero-order chi connectivity index (χ0) is 23.8. The van der Waals surface area contributed by atoms with Crippen LogP contribution >= 0.6 is 69.6 Å². The molecule has 1 aromatic heterocycles. The summed E-state index contributed by atoms with van der Waals surface area (Å²) in [5, 5.41) is 0. The van der Waals surface area contributed by atoms with Crippen LogP contribution in [0.15, 0.2) is 89.5 Å². The monoisotopic (exact) mass is 547 g/mol. The third kappa shape index (κ3) is 10.6. The van der Waals surface area contributed by atoms with Crippen LogP contribution in [0.25, 0.3) is 5.57 Å². The standard InChI is InChI=1S/C21H16Cl3N3.C2H3Cl3/c1-15-4-2-5-16(9-8-15)10-11-17-6-3-7-18(13-12-17)19-25-14-26-20(27-19)21(22,23)24;1-2(3,4)5/h2-3,5-6,8-14H,7H2,1H3;1H3. The van der Waals surface area contributed by atoms with E-state index in [1.807, 2.05) is 37.3 Å². The molecule has 0 saturated carbocycles. The Bertz CT molecular complexity index is 1070. The molecule has 0 unspecified atom stereocenters. The van der Waals surface area contributed by atoms with Crippen LogP contribution in [0.4, 0.5) is 0 Å². The summed E-state index contributed by atoms with van der Waals surface area (Å²) >= 11 is 32.8. The molecule has 168 valence electrons. The first kappa shape index (κ1) is 27.0. The van der Waals surface area contributed by atoms with Crippen LogP contribution in [0.3, 0.4) is 0 Å². The Hall–Kier alpha value is -1.29. The number of aromatic nitrogens is 3. The van der Waals surface area contributed by atoms with Crippen LogP contribution in [0, 0.1) is 0 Å². The Kier molecular flexibility index (Phi) is 10.3. The fourth-order valence-corrected chi connectivity index (χ4v) is 2.68. The van der Waals surface area contributed by atoms with Crippen molar-refractivity contribution in [2.24, 2.45) is 0 Å². The summed E-state index contributed by atoms with van der Waals surface area (Å²) in [5.41, 5.74) is 7.36. The van der Waals surface area contributed by atoms with E-state index in [2.05, 4.69) is 51.1 Å². The molecule has 0 spiro atoms. The number of hydrogen-bond donors (Lipinski definition) is 0. The lowest BCUT2D eigenvalue weighted by Crippen LogP contribution is -2.10. The second kappa shape index (κ2) is 12.3. The van der Waals surface area contributed by atoms with Gasteiger partial charge in [-0.05, 0) is 49.1 Å². The van der Waals surface area contributed by atoms with Gasteiger partial charge in [-0.2, -0.15) is 0 Å². The molecule has 0 bridgehead atoms. The predicted octanol–water partition coefficient (Wildman–Crippen LogP) is 8.50. The summed E-state index contributed by atoms with van der Waals surface area (Å²) in [5.74, 6) is 0.610. The number of rotatable bonds is 3. The summed E-state index contributed by atoms with van der Waals surface area (Å²) in [6.07, 6.45) is 22.3. The highest BCUT2D eigenvalue weighted by Crippen LogP contribution is 2.36. The van der Waals surface area contributed by atoms with E-state index in [0.29, 0.717) is 12.2 Å². The molecule has 3 nitrogen and oxygen atoms in total. The summed E-state index contributed by atoms with van der Waals surface area (Å²) in [6, 6.07) is 0. The molecule has 1 aromatic rings. The van der Waals surface area contributed by atoms with Gasteiger partial charge in [0.15, 0.2) is 15.4 Å². The minimum absolute atomic E-state index is 0.111. The van der Waals surface area contributed by atoms with Crippen LogP contribution in [0.2, 0.25) is 0 Å². The quantitative estimate of drug-likeness (QED) is 0.280. The van der Waals surface area contributed by atoms with Crippen LogP contribution in [-0.2, 0) is 3.79 Å². The lowest BCUT2D eigenvalue weighted by molar-refractivity contribution is 0.896. The van der Waals surface area contributed by atoms with E-state index in [4.69, 9.17) is 69.6 Å². The van der Waals surface area contributed by atoms with Crippen LogP contribution < -0.4 is 0 Å². The van der Waals surface area contributed by atoms with Gasteiger partial charge in [-0.15, -0.1) is 5.73 Å². The first-order valence-corrected chi connectivity index (χ1v) is 11.6. The van der Waals surface area contributed by atoms with Crippen molar-refractivity contribution < 1.29 is 0 Å². The molecule has 0 saturated heterocycles. The topological polar surface area (TPSA) is 38.7 Å². The van der Waals surface area contributed by atoms with Gasteiger partial charge in [0, 0.05) is 5.57 Å². The van der Waals surface area contributed by atoms with Gasteiger partial charge in [-0.3, -0.25) is 0 Å². The summed E-state index contributed by atoms with van der Waals surface area (Å²) in [7, 11) is 0. The van der Waals surface area contributed by atoms with Gasteiger partial charge in [0.05, 0.1) is 0 Å². The molecule has 0 amide bonds. The molecule has 32 heavy (non-hydrogen) atoms. The maximum atomic E-state index is 5.86. The van der Waals surface area contributed by atoms with Gasteiger partial charge in [0.25, 0.3) is 0 Å². The normalized spacial score (nSPS) is 16.4. The van der Waals surface area contributed by atoms with Crippen molar-refractivity contribution in [3.05, 3.63) is 101 Å². The molecule has 0 atom stereocenters. The third-order valence-corrected chi connectivity index (χ3v) is 4.33. The molecule has 0 N–H and O–H groups in total. The molecule has 0 radical (unpaired) electrons. The van der Waals surface area contributed by atoms with E-state index in [1.54, 1.807) is 0 Å². The average Bonchev–Trinajstić information content (AvgIpc) is 3.05. The fourth-order valence-electron chi connectivity index (χ4n) is 2.40. The summed E-state index contributed by atoms with van der Waals surface area (Å²) < 4.78 is -2.76. The Morgan fingerprint density at radius 3 is 2.22 bits per heavy atom. The fraction of sp³-hybridized carbons (Fsp3) is 0.217. The van der Waals surface area contributed by atoms with Gasteiger partial charge in [-0.1, -0.05) is 118 Å². The number of hydrogen-bond acceptors (Lipinski definition) is 3. The van der Waals surface area contributed by atoms with Crippen LogP contribution in [0.1, 0.15) is 31.9 Å². The smallest absolute Gasteiger partial charge is 0.217 e. The van der Waals surface area contributed by atoms with Crippen molar-refractivity contribution in [1.82, 2.24) is 15.0 Å². The molecule has 1 heterocycles. The molecule has 0 aromatic carbocycles. The molecule has 2 aliphatic rings. The Morgan fingerprint density at radius 2 is 1.56 bits per heavy atom. The summed E-state index contributed by atoms with van der Waals surface area (Å²) in [6.45, 7) is 3.50. The Morgan fingerprint density at radius 1 is 0.906 bits per heavy atom. The maximum Gasteiger partial charge on any atom is 0.250 e. The maximum absolute atomic E-state index is 5.86. The summed E-state index contributed by atoms with van der Waals surface area (Å²) in [4.78, 5) is 12.4. The minimum Gasteiger partial charge on any atom is -0.217 e. The van der Waals surface area contributed by atoms with E-state index in [9.17, 15) is 0 Å². The van der Waals surface area contributed by atoms with Crippen molar-refractivity contribution in [2.45, 2.75) is 27.9 Å². The van der Waals surface area contributed by atoms with Crippen molar-refractivity contribution in [3.8, 4) is 0 Å². The molecule has 2 aliphatic carbocycles. The Labute approximate surface area is 218 Å². The molecule has 0 aliphatic heterocycles. The highest BCUT2D eigenvalue weighted by Gasteiger charge is 2.27. The largest absolute Gasteiger partial charge is 0.250 e. The molecular formula is C23H19Cl6N3. The molecule has 9 heteroatoms. The zero-order valence-corrected chi connectivity index (χ0v) is 21.7. The van der Waals surface area contributed by atoms with Crippen LogP contribution in [-0.4, -0.2) is 18.7 Å². The number of allylic oxidation sites excluding steroid dienone is 13. The van der Waals surface area contributed by atoms with Crippen molar-refractivity contribution in [3.63, 3.8) is 0 Å². The molecular weight excluding hydrogens is 531 g/mol. The Balaban J connectivity index is 0.000000654. The van der Waals surface area contributed by atoms with E-state index in [0.717, 1.165) is 22.3 Å². The third-order valence-electron chi connectivity index (χ3n) is 3.82. The second-order valence-corrected chi connectivity index (χ2v) is 11.8. The van der Waals surface area contributed by atoms with Crippen molar-refractivity contribution >= 4 is 75.2 Å². The van der Waals surface area contributed by atoms with E-state index in [-0.39, 0.29) is 5.82 Å². The minimum atomic E-state index is -1.68. The van der Waals surface area contributed by atoms with Crippen molar-refractivity contribution in [2.75, 3.05) is 0 Å². The SMILES string of the molecule is CC(Cl)(Cl)Cl.CC1=C=CC=C(C=CC2=CC=C(c3ncnc(C(Cl)(Cl)Cl)n3)CC=C2)C=C1. The first-order chi connectivity index (χ1) is 14.9. The first-order valence-electron chi connectivity index (χ1n) is 9.32. The molecule has 0 fully saturated rings. The second-order valence-electron chi connectivity index (χ2n) is 6.70. The van der Waals surface area contributed by atoms with Gasteiger partial charge < -0.3 is 0 Å². The van der Waals surface area contributed by atoms with Gasteiger partial charge in [0.1, 0.15) is 6.33 Å². The lowest BCUT2D eigenvalue weighted by Gasteiger charge is -2.10. The van der Waals surface area contributed by atoms with Crippen molar-refractivity contribution in [1.29, 1.82) is 0 Å². The van der Waals surface area contributed by atoms with Gasteiger partial charge in [0.2, 0.25) is 3.79 Å². The van der Waals surface area contributed by atoms with E-state index in [1.165, 1.54) is 13.3 Å². The number of alkyl halides is 6. The van der Waals surface area contributed by atoms with Gasteiger partial charge >= 0.3 is 0 Å². The van der Waals surface area contributed by atoms with E-state index < -0.39 is 7.59 Å². The van der Waals surface area contributed by atoms with E-state index >= 15 is 0 Å². The van der Waals surface area contributed by atoms with Crippen LogP contribution in [0.5, 0.6) is 0 Å². The zero-order valence-electron chi connectivity index (χ0n) is 17.2. The number of halogens is 6.